The number of carbonyl (C=O) groups is 2. The molecule has 31 heavy (non-hydrogen) atoms. The minimum Gasteiger partial charge on any atom is -0.507 e. The van der Waals surface area contributed by atoms with E-state index < -0.39 is 8.07 Å². The van der Waals surface area contributed by atoms with Crippen LogP contribution in [0.4, 0.5) is 0 Å². The Bertz CT molecular complexity index is 1240. The van der Waals surface area contributed by atoms with E-state index in [2.05, 4.69) is 50.3 Å². The van der Waals surface area contributed by atoms with Crippen molar-refractivity contribution in [3.8, 4) is 5.75 Å². The molecule has 1 N–H and O–H groups in total. The summed E-state index contributed by atoms with van der Waals surface area (Å²) >= 11 is 0. The van der Waals surface area contributed by atoms with E-state index in [-0.39, 0.29) is 27.9 Å². The van der Waals surface area contributed by atoms with E-state index in [9.17, 15) is 14.7 Å². The first-order chi connectivity index (χ1) is 14.7. The first-order valence-electron chi connectivity index (χ1n) is 10.9. The SMILES string of the molecule is C[C@]1([Si](C)(C)c2ccccc2)CCc2c(ccc3c2C(=O)c2cccc(O)c2C3=O)C1. The molecule has 3 aromatic carbocycles. The second kappa shape index (κ2) is 6.76. The van der Waals surface area contributed by atoms with Crippen LogP contribution < -0.4 is 5.19 Å². The Morgan fingerprint density at radius 1 is 0.839 bits per heavy atom. The number of carbonyl (C=O) groups excluding carboxylic acids is 2. The molecule has 0 amide bonds. The fraction of sp³-hybridized carbons (Fsp3) is 0.259. The quantitative estimate of drug-likeness (QED) is 0.457. The summed E-state index contributed by atoms with van der Waals surface area (Å²) in [7, 11) is -1.79. The maximum Gasteiger partial charge on any atom is 0.198 e. The molecule has 3 aromatic rings. The van der Waals surface area contributed by atoms with Crippen LogP contribution in [0.25, 0.3) is 0 Å². The Morgan fingerprint density at radius 3 is 2.26 bits per heavy atom. The van der Waals surface area contributed by atoms with E-state index in [4.69, 9.17) is 0 Å². The van der Waals surface area contributed by atoms with Gasteiger partial charge in [-0.3, -0.25) is 9.59 Å². The smallest absolute Gasteiger partial charge is 0.198 e. The molecule has 3 nitrogen and oxygen atoms in total. The number of benzene rings is 3. The molecule has 0 fully saturated rings. The van der Waals surface area contributed by atoms with Gasteiger partial charge in [0.1, 0.15) is 5.75 Å². The van der Waals surface area contributed by atoms with Crippen molar-refractivity contribution in [3.63, 3.8) is 0 Å². The van der Waals surface area contributed by atoms with Crippen LogP contribution >= 0.6 is 0 Å². The lowest BCUT2D eigenvalue weighted by atomic mass is 9.75. The average molecular weight is 427 g/mol. The van der Waals surface area contributed by atoms with Gasteiger partial charge in [-0.1, -0.05) is 73.7 Å². The topological polar surface area (TPSA) is 54.4 Å². The minimum absolute atomic E-state index is 0.123. The largest absolute Gasteiger partial charge is 0.507 e. The summed E-state index contributed by atoms with van der Waals surface area (Å²) in [5.41, 5.74) is 3.66. The highest BCUT2D eigenvalue weighted by molar-refractivity contribution is 6.92. The zero-order valence-electron chi connectivity index (χ0n) is 18.2. The molecular formula is C27H26O3Si. The molecule has 0 spiro atoms. The summed E-state index contributed by atoms with van der Waals surface area (Å²) in [5.74, 6) is -0.513. The molecular weight excluding hydrogens is 400 g/mol. The Balaban J connectivity index is 1.60. The van der Waals surface area contributed by atoms with E-state index in [0.29, 0.717) is 16.7 Å². The molecule has 0 bridgehead atoms. The maximum absolute atomic E-state index is 13.4. The Hall–Kier alpha value is -2.98. The van der Waals surface area contributed by atoms with Crippen LogP contribution in [0, 0.1) is 0 Å². The number of aromatic hydroxyl groups is 1. The van der Waals surface area contributed by atoms with Gasteiger partial charge in [0.15, 0.2) is 11.6 Å². The molecule has 0 heterocycles. The van der Waals surface area contributed by atoms with Crippen LogP contribution in [0.3, 0.4) is 0 Å². The lowest BCUT2D eigenvalue weighted by Gasteiger charge is -2.47. The lowest BCUT2D eigenvalue weighted by Crippen LogP contribution is -2.53. The normalized spacial score (nSPS) is 20.1. The first kappa shape index (κ1) is 19.9. The molecule has 2 aliphatic rings. The summed E-state index contributed by atoms with van der Waals surface area (Å²) in [6.07, 6.45) is 2.71. The van der Waals surface area contributed by atoms with Crippen LogP contribution in [0.15, 0.2) is 60.7 Å². The van der Waals surface area contributed by atoms with Crippen molar-refractivity contribution in [3.05, 3.63) is 94.0 Å². The van der Waals surface area contributed by atoms with Crippen molar-refractivity contribution < 1.29 is 14.7 Å². The number of phenolic OH excluding ortho intramolecular Hbond substituents is 1. The number of phenols is 1. The van der Waals surface area contributed by atoms with Crippen LogP contribution in [-0.4, -0.2) is 24.7 Å². The molecule has 0 radical (unpaired) electrons. The van der Waals surface area contributed by atoms with Gasteiger partial charge in [-0.05, 0) is 47.6 Å². The number of hydrogen-bond donors (Lipinski definition) is 1. The number of ketones is 2. The van der Waals surface area contributed by atoms with Crippen molar-refractivity contribution in [2.45, 2.75) is 44.3 Å². The maximum atomic E-state index is 13.4. The third-order valence-corrected chi connectivity index (χ3v) is 13.1. The third-order valence-electron chi connectivity index (χ3n) is 7.91. The van der Waals surface area contributed by atoms with Crippen molar-refractivity contribution in [2.75, 3.05) is 0 Å². The standard InChI is InChI=1S/C27H26O3Si/c1-27(31(2,3)18-8-5-4-6-9-18)15-14-19-17(16-27)12-13-21-23(19)25(29)20-10-7-11-22(28)24(20)26(21)30/h4-13,28H,14-16H2,1-3H3/t27-/m0/s1. The van der Waals surface area contributed by atoms with E-state index >= 15 is 0 Å². The Kier molecular flexibility index (Phi) is 4.35. The Morgan fingerprint density at radius 2 is 1.52 bits per heavy atom. The minimum atomic E-state index is -1.79. The van der Waals surface area contributed by atoms with Crippen molar-refractivity contribution in [1.29, 1.82) is 0 Å². The number of fused-ring (bicyclic) bond motifs is 4. The van der Waals surface area contributed by atoms with E-state index in [1.165, 1.54) is 16.8 Å². The van der Waals surface area contributed by atoms with E-state index in [0.717, 1.165) is 24.8 Å². The molecule has 5 rings (SSSR count). The monoisotopic (exact) mass is 426 g/mol. The predicted molar refractivity (Wildman–Crippen MR) is 125 cm³/mol. The van der Waals surface area contributed by atoms with Crippen LogP contribution in [0.1, 0.15) is 56.3 Å². The highest BCUT2D eigenvalue weighted by atomic mass is 28.3. The zero-order valence-corrected chi connectivity index (χ0v) is 19.2. The molecule has 0 aliphatic heterocycles. The summed E-state index contributed by atoms with van der Waals surface area (Å²) in [4.78, 5) is 26.5. The summed E-state index contributed by atoms with van der Waals surface area (Å²) in [6.45, 7) is 7.29. The van der Waals surface area contributed by atoms with Gasteiger partial charge in [-0.25, -0.2) is 0 Å². The second-order valence-corrected chi connectivity index (χ2v) is 14.7. The van der Waals surface area contributed by atoms with Gasteiger partial charge in [-0.2, -0.15) is 0 Å². The van der Waals surface area contributed by atoms with Gasteiger partial charge in [0, 0.05) is 16.7 Å². The summed E-state index contributed by atoms with van der Waals surface area (Å²) in [5, 5.41) is 11.8. The third kappa shape index (κ3) is 2.78. The zero-order chi connectivity index (χ0) is 22.0. The highest BCUT2D eigenvalue weighted by Gasteiger charge is 2.47. The molecule has 0 saturated carbocycles. The summed E-state index contributed by atoms with van der Waals surface area (Å²) in [6, 6.07) is 19.4. The number of rotatable bonds is 2. The van der Waals surface area contributed by atoms with Gasteiger partial charge in [-0.15, -0.1) is 0 Å². The molecule has 1 atom stereocenters. The predicted octanol–water partition coefficient (Wildman–Crippen LogP) is 5.03. The van der Waals surface area contributed by atoms with Crippen LogP contribution in [0.5, 0.6) is 5.75 Å². The van der Waals surface area contributed by atoms with Gasteiger partial charge >= 0.3 is 0 Å². The van der Waals surface area contributed by atoms with Crippen LogP contribution in [-0.2, 0) is 12.8 Å². The highest BCUT2D eigenvalue weighted by Crippen LogP contribution is 2.50. The van der Waals surface area contributed by atoms with Crippen molar-refractivity contribution in [1.82, 2.24) is 0 Å². The molecule has 0 unspecified atom stereocenters. The average Bonchev–Trinajstić information content (AvgIpc) is 2.77. The fourth-order valence-electron chi connectivity index (χ4n) is 5.47. The van der Waals surface area contributed by atoms with Gasteiger partial charge in [0.2, 0.25) is 0 Å². The van der Waals surface area contributed by atoms with Crippen molar-refractivity contribution in [2.24, 2.45) is 0 Å². The second-order valence-electron chi connectivity index (χ2n) is 9.71. The van der Waals surface area contributed by atoms with Crippen molar-refractivity contribution >= 4 is 24.8 Å². The Labute approximate surface area is 183 Å². The van der Waals surface area contributed by atoms with Gasteiger partial charge in [0.25, 0.3) is 0 Å². The van der Waals surface area contributed by atoms with E-state index in [1.54, 1.807) is 18.2 Å². The van der Waals surface area contributed by atoms with Crippen LogP contribution in [0.2, 0.25) is 18.1 Å². The molecule has 156 valence electrons. The molecule has 0 saturated heterocycles. The fourth-order valence-corrected chi connectivity index (χ4v) is 8.58. The van der Waals surface area contributed by atoms with Gasteiger partial charge < -0.3 is 5.11 Å². The first-order valence-corrected chi connectivity index (χ1v) is 13.9. The van der Waals surface area contributed by atoms with E-state index in [1.807, 2.05) is 6.07 Å². The summed E-state index contributed by atoms with van der Waals surface area (Å²) < 4.78 is 0. The molecule has 2 aliphatic carbocycles. The molecule has 4 heteroatoms. The molecule has 0 aromatic heterocycles. The lowest BCUT2D eigenvalue weighted by molar-refractivity contribution is 0.0975. The number of hydrogen-bond acceptors (Lipinski definition) is 3. The van der Waals surface area contributed by atoms with Gasteiger partial charge in [0.05, 0.1) is 13.6 Å².